The van der Waals surface area contributed by atoms with Crippen molar-refractivity contribution in [3.8, 4) is 0 Å². The van der Waals surface area contributed by atoms with Crippen LogP contribution >= 0.6 is 11.6 Å². The van der Waals surface area contributed by atoms with E-state index in [1.54, 1.807) is 0 Å². The third-order valence-electron chi connectivity index (χ3n) is 2.25. The maximum Gasteiger partial charge on any atom is 0.242 e. The fraction of sp³-hybridized carbons (Fsp3) is 0.500. The highest BCUT2D eigenvalue weighted by atomic mass is 35.5. The second-order valence-electron chi connectivity index (χ2n) is 3.57. The van der Waals surface area contributed by atoms with Gasteiger partial charge in [0.15, 0.2) is 0 Å². The highest BCUT2D eigenvalue weighted by molar-refractivity contribution is 7.89. The summed E-state index contributed by atoms with van der Waals surface area (Å²) in [5.41, 5.74) is 0. The number of sulfonamides is 1. The van der Waals surface area contributed by atoms with Crippen LogP contribution in [0.3, 0.4) is 0 Å². The van der Waals surface area contributed by atoms with Crippen molar-refractivity contribution in [3.63, 3.8) is 0 Å². The van der Waals surface area contributed by atoms with Gasteiger partial charge >= 0.3 is 0 Å². The van der Waals surface area contributed by atoms with E-state index in [9.17, 15) is 13.5 Å². The van der Waals surface area contributed by atoms with Crippen molar-refractivity contribution in [2.45, 2.75) is 30.8 Å². The minimum absolute atomic E-state index is 0.0629. The lowest BCUT2D eigenvalue weighted by atomic mass is 10.2. The van der Waals surface area contributed by atoms with E-state index in [1.165, 1.54) is 18.3 Å². The van der Waals surface area contributed by atoms with E-state index in [2.05, 4.69) is 9.71 Å². The summed E-state index contributed by atoms with van der Waals surface area (Å²) in [7, 11) is -3.56. The molecule has 0 aliphatic heterocycles. The summed E-state index contributed by atoms with van der Waals surface area (Å²) >= 11 is 5.57. The summed E-state index contributed by atoms with van der Waals surface area (Å²) in [5.74, 6) is 0. The summed E-state index contributed by atoms with van der Waals surface area (Å²) in [6.45, 7) is 2.03. The number of aliphatic hydroxyl groups excluding tert-OH is 1. The van der Waals surface area contributed by atoms with Crippen LogP contribution in [0.1, 0.15) is 19.8 Å². The third kappa shape index (κ3) is 4.59. The van der Waals surface area contributed by atoms with Crippen molar-refractivity contribution in [3.05, 3.63) is 23.5 Å². The lowest BCUT2D eigenvalue weighted by Gasteiger charge is -2.09. The quantitative estimate of drug-likeness (QED) is 0.766. The van der Waals surface area contributed by atoms with Crippen LogP contribution in [-0.4, -0.2) is 31.2 Å². The molecule has 1 aromatic heterocycles. The van der Waals surface area contributed by atoms with E-state index in [4.69, 9.17) is 11.6 Å². The number of rotatable bonds is 6. The molecule has 0 fully saturated rings. The van der Waals surface area contributed by atoms with Gasteiger partial charge in [0.25, 0.3) is 0 Å². The van der Waals surface area contributed by atoms with Gasteiger partial charge in [-0.1, -0.05) is 18.5 Å². The van der Waals surface area contributed by atoms with Gasteiger partial charge < -0.3 is 5.11 Å². The number of pyridine rings is 1. The smallest absolute Gasteiger partial charge is 0.242 e. The first-order valence-electron chi connectivity index (χ1n) is 5.25. The molecule has 5 nitrogen and oxygen atoms in total. The zero-order valence-corrected chi connectivity index (χ0v) is 11.0. The predicted molar refractivity (Wildman–Crippen MR) is 65.4 cm³/mol. The standard InChI is InChI=1S/C10H15ClN2O3S/c1-2-8(14)5-6-13-17(15,16)9-3-4-10(11)12-7-9/h3-4,7-8,13-14H,2,5-6H2,1H3. The molecule has 96 valence electrons. The van der Waals surface area contributed by atoms with E-state index in [-0.39, 0.29) is 16.6 Å². The molecule has 0 aliphatic carbocycles. The average molecular weight is 279 g/mol. The molecule has 7 heteroatoms. The molecular formula is C10H15ClN2O3S. The summed E-state index contributed by atoms with van der Waals surface area (Å²) < 4.78 is 25.9. The molecule has 0 radical (unpaired) electrons. The van der Waals surface area contributed by atoms with Gasteiger partial charge in [0.2, 0.25) is 10.0 Å². The van der Waals surface area contributed by atoms with E-state index in [0.717, 1.165) is 0 Å². The van der Waals surface area contributed by atoms with Gasteiger partial charge in [-0.3, -0.25) is 0 Å². The van der Waals surface area contributed by atoms with Gasteiger partial charge in [-0.05, 0) is 25.0 Å². The van der Waals surface area contributed by atoms with Gasteiger partial charge in [0, 0.05) is 12.7 Å². The maximum atomic E-state index is 11.7. The van der Waals surface area contributed by atoms with Gasteiger partial charge in [-0.25, -0.2) is 18.1 Å². The van der Waals surface area contributed by atoms with E-state index < -0.39 is 16.1 Å². The number of aromatic nitrogens is 1. The van der Waals surface area contributed by atoms with Crippen LogP contribution in [0.5, 0.6) is 0 Å². The summed E-state index contributed by atoms with van der Waals surface area (Å²) in [5, 5.41) is 9.54. The SMILES string of the molecule is CCC(O)CCNS(=O)(=O)c1ccc(Cl)nc1. The molecule has 0 spiro atoms. The molecule has 0 aromatic carbocycles. The molecule has 2 N–H and O–H groups in total. The lowest BCUT2D eigenvalue weighted by Crippen LogP contribution is -2.27. The Hall–Kier alpha value is -0.690. The second-order valence-corrected chi connectivity index (χ2v) is 5.72. The van der Waals surface area contributed by atoms with Gasteiger partial charge in [-0.15, -0.1) is 0 Å². The molecule has 0 amide bonds. The topological polar surface area (TPSA) is 79.3 Å². The second kappa shape index (κ2) is 6.30. The van der Waals surface area contributed by atoms with E-state index in [0.29, 0.717) is 12.8 Å². The van der Waals surface area contributed by atoms with Crippen LogP contribution in [0.4, 0.5) is 0 Å². The molecule has 0 saturated heterocycles. The van der Waals surface area contributed by atoms with Crippen LogP contribution in [0.25, 0.3) is 0 Å². The first-order valence-corrected chi connectivity index (χ1v) is 7.11. The predicted octanol–water partition coefficient (Wildman–Crippen LogP) is 1.17. The number of aliphatic hydroxyl groups is 1. The van der Waals surface area contributed by atoms with Gasteiger partial charge in [0.1, 0.15) is 10.0 Å². The molecule has 1 rings (SSSR count). The fourth-order valence-corrected chi connectivity index (χ4v) is 2.27. The number of hydrogen-bond donors (Lipinski definition) is 2. The average Bonchev–Trinajstić information content (AvgIpc) is 2.29. The molecule has 17 heavy (non-hydrogen) atoms. The number of nitrogens with one attached hydrogen (secondary N) is 1. The number of halogens is 1. The van der Waals surface area contributed by atoms with Crippen molar-refractivity contribution < 1.29 is 13.5 Å². The van der Waals surface area contributed by atoms with Crippen molar-refractivity contribution >= 4 is 21.6 Å². The molecule has 1 heterocycles. The minimum atomic E-state index is -3.56. The van der Waals surface area contributed by atoms with Crippen LogP contribution in [0.2, 0.25) is 5.15 Å². The Balaban J connectivity index is 2.60. The monoisotopic (exact) mass is 278 g/mol. The van der Waals surface area contributed by atoms with E-state index >= 15 is 0 Å². The Labute approximate surface area is 106 Å². The Kier molecular flexibility index (Phi) is 5.32. The Morgan fingerprint density at radius 2 is 2.24 bits per heavy atom. The first kappa shape index (κ1) is 14.4. The molecular weight excluding hydrogens is 264 g/mol. The summed E-state index contributed by atoms with van der Waals surface area (Å²) in [6.07, 6.45) is 1.70. The van der Waals surface area contributed by atoms with Crippen molar-refractivity contribution in [1.29, 1.82) is 0 Å². The van der Waals surface area contributed by atoms with E-state index in [1.807, 2.05) is 6.92 Å². The molecule has 0 bridgehead atoms. The Bertz CT molecular complexity index is 447. The zero-order chi connectivity index (χ0) is 12.9. The summed E-state index contributed by atoms with van der Waals surface area (Å²) in [6, 6.07) is 2.80. The van der Waals surface area contributed by atoms with Crippen molar-refractivity contribution in [2.75, 3.05) is 6.54 Å². The highest BCUT2D eigenvalue weighted by Crippen LogP contribution is 2.10. The largest absolute Gasteiger partial charge is 0.393 e. The van der Waals surface area contributed by atoms with Crippen LogP contribution in [0, 0.1) is 0 Å². The Morgan fingerprint density at radius 1 is 1.53 bits per heavy atom. The van der Waals surface area contributed by atoms with Crippen LogP contribution in [0.15, 0.2) is 23.2 Å². The maximum absolute atomic E-state index is 11.7. The van der Waals surface area contributed by atoms with Crippen molar-refractivity contribution in [1.82, 2.24) is 9.71 Å². The lowest BCUT2D eigenvalue weighted by molar-refractivity contribution is 0.162. The molecule has 1 aromatic rings. The molecule has 1 unspecified atom stereocenters. The summed E-state index contributed by atoms with van der Waals surface area (Å²) in [4.78, 5) is 3.76. The van der Waals surface area contributed by atoms with Gasteiger partial charge in [-0.2, -0.15) is 0 Å². The zero-order valence-electron chi connectivity index (χ0n) is 9.43. The van der Waals surface area contributed by atoms with Gasteiger partial charge in [0.05, 0.1) is 6.10 Å². The van der Waals surface area contributed by atoms with Crippen molar-refractivity contribution in [2.24, 2.45) is 0 Å². The molecule has 0 aliphatic rings. The molecule has 1 atom stereocenters. The number of nitrogens with zero attached hydrogens (tertiary/aromatic N) is 1. The third-order valence-corrected chi connectivity index (χ3v) is 3.92. The molecule has 0 saturated carbocycles. The highest BCUT2D eigenvalue weighted by Gasteiger charge is 2.14. The van der Waals surface area contributed by atoms with Crippen LogP contribution in [-0.2, 0) is 10.0 Å². The Morgan fingerprint density at radius 3 is 2.76 bits per heavy atom. The minimum Gasteiger partial charge on any atom is -0.393 e. The van der Waals surface area contributed by atoms with Crippen LogP contribution < -0.4 is 4.72 Å². The fourth-order valence-electron chi connectivity index (χ4n) is 1.17. The normalized spacial score (nSPS) is 13.6. The first-order chi connectivity index (χ1) is 7.95. The number of hydrogen-bond acceptors (Lipinski definition) is 4.